The Labute approximate surface area is 106 Å². The highest BCUT2D eigenvalue weighted by molar-refractivity contribution is 5.78. The van der Waals surface area contributed by atoms with Gasteiger partial charge in [-0.1, -0.05) is 41.5 Å². The zero-order chi connectivity index (χ0) is 13.4. The Morgan fingerprint density at radius 1 is 1.12 bits per heavy atom. The summed E-state index contributed by atoms with van der Waals surface area (Å²) in [6.07, 6.45) is 0. The number of carbonyl (C=O) groups is 1. The van der Waals surface area contributed by atoms with E-state index in [1.165, 1.54) is 0 Å². The maximum atomic E-state index is 11.7. The lowest BCUT2D eigenvalue weighted by molar-refractivity contribution is -0.121. The van der Waals surface area contributed by atoms with Gasteiger partial charge in [-0.05, 0) is 23.7 Å². The Hall–Kier alpha value is -0.570. The first-order chi connectivity index (χ1) is 7.60. The van der Waals surface area contributed by atoms with E-state index in [1.807, 2.05) is 6.92 Å². The monoisotopic (exact) mass is 240 g/mol. The molecular formula is C14H28N2O. The molecule has 0 heterocycles. The summed E-state index contributed by atoms with van der Waals surface area (Å²) in [5, 5.41) is 6.38. The number of nitrogens with one attached hydrogen (secondary N) is 2. The third-order valence-electron chi connectivity index (χ3n) is 4.88. The quantitative estimate of drug-likeness (QED) is 0.773. The molecule has 1 aliphatic carbocycles. The molecule has 0 aromatic carbocycles. The van der Waals surface area contributed by atoms with Gasteiger partial charge in [0, 0.05) is 12.1 Å². The van der Waals surface area contributed by atoms with E-state index >= 15 is 0 Å². The Balaban J connectivity index is 2.32. The number of hydrogen-bond donors (Lipinski definition) is 2. The normalized spacial score (nSPS) is 23.5. The molecule has 0 bridgehead atoms. The fourth-order valence-corrected chi connectivity index (χ4v) is 2.37. The van der Waals surface area contributed by atoms with Crippen LogP contribution in [0, 0.1) is 16.7 Å². The Morgan fingerprint density at radius 3 is 1.94 bits per heavy atom. The molecule has 2 N–H and O–H groups in total. The minimum atomic E-state index is 0.102. The van der Waals surface area contributed by atoms with Crippen molar-refractivity contribution < 1.29 is 4.79 Å². The standard InChI is InChI=1S/C14H28N2O/c1-9(2)10(3)16-11(17)8-15-12-13(4,5)14(12,6)7/h9-10,12,15H,8H2,1-7H3,(H,16,17). The van der Waals surface area contributed by atoms with Crippen molar-refractivity contribution in [2.45, 2.75) is 60.5 Å². The van der Waals surface area contributed by atoms with Crippen molar-refractivity contribution >= 4 is 5.91 Å². The molecule has 100 valence electrons. The van der Waals surface area contributed by atoms with E-state index < -0.39 is 0 Å². The summed E-state index contributed by atoms with van der Waals surface area (Å²) < 4.78 is 0. The van der Waals surface area contributed by atoms with Crippen LogP contribution in [0.1, 0.15) is 48.5 Å². The second kappa shape index (κ2) is 4.60. The first-order valence-corrected chi connectivity index (χ1v) is 6.63. The van der Waals surface area contributed by atoms with Gasteiger partial charge in [-0.2, -0.15) is 0 Å². The molecule has 1 aliphatic rings. The van der Waals surface area contributed by atoms with Gasteiger partial charge < -0.3 is 10.6 Å². The fourth-order valence-electron chi connectivity index (χ4n) is 2.37. The summed E-state index contributed by atoms with van der Waals surface area (Å²) in [5.74, 6) is 0.581. The molecule has 0 aromatic heterocycles. The molecular weight excluding hydrogens is 212 g/mol. The highest BCUT2D eigenvalue weighted by Gasteiger charge is 2.64. The molecule has 3 nitrogen and oxygen atoms in total. The van der Waals surface area contributed by atoms with Crippen molar-refractivity contribution in [3.63, 3.8) is 0 Å². The molecule has 0 radical (unpaired) electrons. The largest absolute Gasteiger partial charge is 0.352 e. The van der Waals surface area contributed by atoms with Crippen molar-refractivity contribution in [2.24, 2.45) is 16.7 Å². The molecule has 1 fully saturated rings. The van der Waals surface area contributed by atoms with Gasteiger partial charge in [-0.25, -0.2) is 0 Å². The van der Waals surface area contributed by atoms with E-state index in [9.17, 15) is 4.79 Å². The molecule has 0 aliphatic heterocycles. The van der Waals surface area contributed by atoms with Crippen LogP contribution in [-0.4, -0.2) is 24.5 Å². The maximum absolute atomic E-state index is 11.7. The van der Waals surface area contributed by atoms with Crippen LogP contribution in [0.2, 0.25) is 0 Å². The van der Waals surface area contributed by atoms with E-state index in [4.69, 9.17) is 0 Å². The maximum Gasteiger partial charge on any atom is 0.234 e. The minimum Gasteiger partial charge on any atom is -0.352 e. The first-order valence-electron chi connectivity index (χ1n) is 6.63. The summed E-state index contributed by atoms with van der Waals surface area (Å²) in [7, 11) is 0. The van der Waals surface area contributed by atoms with Crippen LogP contribution in [0.3, 0.4) is 0 Å². The van der Waals surface area contributed by atoms with Gasteiger partial charge in [-0.15, -0.1) is 0 Å². The summed E-state index contributed by atoms with van der Waals surface area (Å²) in [6.45, 7) is 15.7. The summed E-state index contributed by atoms with van der Waals surface area (Å²) in [5.41, 5.74) is 0.577. The lowest BCUT2D eigenvalue weighted by Gasteiger charge is -2.17. The lowest BCUT2D eigenvalue weighted by atomic mass is 10.0. The Morgan fingerprint density at radius 2 is 1.59 bits per heavy atom. The van der Waals surface area contributed by atoms with Gasteiger partial charge in [0.2, 0.25) is 5.91 Å². The lowest BCUT2D eigenvalue weighted by Crippen LogP contribution is -2.42. The highest BCUT2D eigenvalue weighted by Crippen LogP contribution is 2.62. The summed E-state index contributed by atoms with van der Waals surface area (Å²) in [4.78, 5) is 11.7. The highest BCUT2D eigenvalue weighted by atomic mass is 16.2. The van der Waals surface area contributed by atoms with Crippen LogP contribution in [0.15, 0.2) is 0 Å². The van der Waals surface area contributed by atoms with Crippen LogP contribution in [0.4, 0.5) is 0 Å². The van der Waals surface area contributed by atoms with E-state index in [2.05, 4.69) is 52.2 Å². The number of rotatable bonds is 5. The second-order valence-electron chi connectivity index (χ2n) is 6.86. The first kappa shape index (κ1) is 14.5. The Bertz CT molecular complexity index is 281. The van der Waals surface area contributed by atoms with E-state index in [1.54, 1.807) is 0 Å². The summed E-state index contributed by atoms with van der Waals surface area (Å²) >= 11 is 0. The topological polar surface area (TPSA) is 41.1 Å². The number of hydrogen-bond acceptors (Lipinski definition) is 2. The third-order valence-corrected chi connectivity index (χ3v) is 4.88. The molecule has 1 amide bonds. The second-order valence-corrected chi connectivity index (χ2v) is 6.86. The molecule has 1 saturated carbocycles. The van der Waals surface area contributed by atoms with Crippen molar-refractivity contribution in [3.8, 4) is 0 Å². The minimum absolute atomic E-state index is 0.102. The molecule has 1 unspecified atom stereocenters. The molecule has 1 atom stereocenters. The predicted octanol–water partition coefficient (Wildman–Crippen LogP) is 2.17. The molecule has 1 rings (SSSR count). The fraction of sp³-hybridized carbons (Fsp3) is 0.929. The van der Waals surface area contributed by atoms with Crippen LogP contribution in [0.5, 0.6) is 0 Å². The molecule has 17 heavy (non-hydrogen) atoms. The molecule has 0 aromatic rings. The van der Waals surface area contributed by atoms with Gasteiger partial charge >= 0.3 is 0 Å². The number of amides is 1. The van der Waals surface area contributed by atoms with E-state index in [0.29, 0.717) is 18.5 Å². The van der Waals surface area contributed by atoms with Crippen LogP contribution in [0.25, 0.3) is 0 Å². The SMILES string of the molecule is CC(C)C(C)NC(=O)CNC1C(C)(C)C1(C)C. The van der Waals surface area contributed by atoms with Crippen LogP contribution >= 0.6 is 0 Å². The molecule has 0 saturated heterocycles. The van der Waals surface area contributed by atoms with Crippen LogP contribution in [-0.2, 0) is 4.79 Å². The van der Waals surface area contributed by atoms with Crippen molar-refractivity contribution in [1.29, 1.82) is 0 Å². The third kappa shape index (κ3) is 2.82. The van der Waals surface area contributed by atoms with E-state index in [-0.39, 0.29) is 22.8 Å². The summed E-state index contributed by atoms with van der Waals surface area (Å²) in [6, 6.07) is 0.680. The Kier molecular flexibility index (Phi) is 3.92. The van der Waals surface area contributed by atoms with Crippen molar-refractivity contribution in [2.75, 3.05) is 6.54 Å². The van der Waals surface area contributed by atoms with Crippen LogP contribution < -0.4 is 10.6 Å². The van der Waals surface area contributed by atoms with Crippen molar-refractivity contribution in [1.82, 2.24) is 10.6 Å². The van der Waals surface area contributed by atoms with Gasteiger partial charge in [0.15, 0.2) is 0 Å². The molecule has 0 spiro atoms. The van der Waals surface area contributed by atoms with Crippen molar-refractivity contribution in [3.05, 3.63) is 0 Å². The number of carbonyl (C=O) groups excluding carboxylic acids is 1. The van der Waals surface area contributed by atoms with Gasteiger partial charge in [-0.3, -0.25) is 4.79 Å². The van der Waals surface area contributed by atoms with Gasteiger partial charge in [0.1, 0.15) is 0 Å². The zero-order valence-electron chi connectivity index (χ0n) is 12.3. The van der Waals surface area contributed by atoms with Gasteiger partial charge in [0.05, 0.1) is 6.54 Å². The average molecular weight is 240 g/mol. The average Bonchev–Trinajstić information content (AvgIpc) is 2.54. The van der Waals surface area contributed by atoms with Gasteiger partial charge in [0.25, 0.3) is 0 Å². The smallest absolute Gasteiger partial charge is 0.234 e. The van der Waals surface area contributed by atoms with E-state index in [0.717, 1.165) is 0 Å². The zero-order valence-corrected chi connectivity index (χ0v) is 12.3. The predicted molar refractivity (Wildman–Crippen MR) is 71.8 cm³/mol. The molecule has 3 heteroatoms.